The highest BCUT2D eigenvalue weighted by atomic mass is 32.2. The van der Waals surface area contributed by atoms with Crippen LogP contribution in [-0.2, 0) is 0 Å². The van der Waals surface area contributed by atoms with Crippen molar-refractivity contribution >= 4 is 21.8 Å². The minimum Gasteiger partial charge on any atom is -0.319 e. The first-order valence-corrected chi connectivity index (χ1v) is 7.97. The second kappa shape index (κ2) is 4.41. The number of fused-ring (bicyclic) bond motifs is 3. The molecule has 0 N–H and O–H groups in total. The van der Waals surface area contributed by atoms with Gasteiger partial charge in [0.2, 0.25) is 0 Å². The van der Waals surface area contributed by atoms with Gasteiger partial charge in [-0.1, -0.05) is 43.2 Å². The molecule has 1 aromatic rings. The average Bonchev–Trinajstić information content (AvgIpc) is 2.97. The summed E-state index contributed by atoms with van der Waals surface area (Å²) in [7, 11) is 0. The average molecular weight is 270 g/mol. The Morgan fingerprint density at radius 3 is 2.79 bits per heavy atom. The van der Waals surface area contributed by atoms with Gasteiger partial charge in [-0.3, -0.25) is 4.99 Å². The number of amidine groups is 1. The summed E-state index contributed by atoms with van der Waals surface area (Å²) in [6.07, 6.45) is 5.29. The Kier molecular flexibility index (Phi) is 2.69. The van der Waals surface area contributed by atoms with Gasteiger partial charge < -0.3 is 4.90 Å². The predicted octanol–water partition coefficient (Wildman–Crippen LogP) is 4.10. The third kappa shape index (κ3) is 1.75. The first-order chi connectivity index (χ1) is 9.34. The van der Waals surface area contributed by atoms with Gasteiger partial charge in [0.1, 0.15) is 0 Å². The van der Waals surface area contributed by atoms with Gasteiger partial charge in [-0.2, -0.15) is 0 Å². The second-order valence-corrected chi connectivity index (χ2v) is 6.56. The lowest BCUT2D eigenvalue weighted by atomic mass is 9.90. The van der Waals surface area contributed by atoms with E-state index in [1.54, 1.807) is 0 Å². The zero-order valence-corrected chi connectivity index (χ0v) is 12.0. The quantitative estimate of drug-likeness (QED) is 0.763. The molecule has 2 aliphatic heterocycles. The van der Waals surface area contributed by atoms with Crippen molar-refractivity contribution in [1.82, 2.24) is 4.90 Å². The van der Waals surface area contributed by atoms with Gasteiger partial charge in [-0.25, -0.2) is 0 Å². The van der Waals surface area contributed by atoms with E-state index in [9.17, 15) is 0 Å². The maximum atomic E-state index is 4.96. The molecular formula is C16H18N2S. The Morgan fingerprint density at radius 1 is 1.16 bits per heavy atom. The zero-order chi connectivity index (χ0) is 12.8. The van der Waals surface area contributed by atoms with E-state index in [2.05, 4.69) is 42.2 Å². The molecule has 0 radical (unpaired) electrons. The van der Waals surface area contributed by atoms with E-state index in [4.69, 9.17) is 4.99 Å². The van der Waals surface area contributed by atoms with Crippen LogP contribution in [0.15, 0.2) is 41.0 Å². The van der Waals surface area contributed by atoms with E-state index < -0.39 is 0 Å². The number of benzene rings is 1. The standard InChI is InChI=1S/C16H18N2S/c1-11-15(12-7-3-2-4-8-12)19-16-17-13-9-5-6-10-14(13)18(11)16/h2-4,7-8,13-14H,5-6,9-10H2,1H3/t13-,14-/m1/s1. The van der Waals surface area contributed by atoms with E-state index in [1.165, 1.54) is 47.0 Å². The molecular weight excluding hydrogens is 252 g/mol. The van der Waals surface area contributed by atoms with E-state index in [-0.39, 0.29) is 0 Å². The lowest BCUT2D eigenvalue weighted by molar-refractivity contribution is 0.285. The topological polar surface area (TPSA) is 15.6 Å². The largest absolute Gasteiger partial charge is 0.319 e. The summed E-state index contributed by atoms with van der Waals surface area (Å²) in [4.78, 5) is 8.86. The van der Waals surface area contributed by atoms with Crippen LogP contribution in [0.4, 0.5) is 0 Å². The summed E-state index contributed by atoms with van der Waals surface area (Å²) < 4.78 is 0. The molecule has 1 fully saturated rings. The van der Waals surface area contributed by atoms with Crippen molar-refractivity contribution < 1.29 is 0 Å². The molecule has 0 bridgehead atoms. The molecule has 0 spiro atoms. The number of hydrogen-bond donors (Lipinski definition) is 0. The van der Waals surface area contributed by atoms with Crippen LogP contribution in [0.5, 0.6) is 0 Å². The van der Waals surface area contributed by atoms with Gasteiger partial charge in [0.25, 0.3) is 0 Å². The summed E-state index contributed by atoms with van der Waals surface area (Å²) in [5, 5.41) is 1.24. The molecule has 1 saturated carbocycles. The normalized spacial score (nSPS) is 29.3. The molecule has 1 aliphatic carbocycles. The number of aliphatic imine (C=N–C) groups is 1. The van der Waals surface area contributed by atoms with Crippen molar-refractivity contribution in [2.75, 3.05) is 0 Å². The minimum absolute atomic E-state index is 0.559. The lowest BCUT2D eigenvalue weighted by Gasteiger charge is -2.31. The van der Waals surface area contributed by atoms with Gasteiger partial charge in [0, 0.05) is 10.6 Å². The fourth-order valence-corrected chi connectivity index (χ4v) is 4.73. The monoisotopic (exact) mass is 270 g/mol. The fraction of sp³-hybridized carbons (Fsp3) is 0.438. The Balaban J connectivity index is 1.71. The summed E-state index contributed by atoms with van der Waals surface area (Å²) in [5.41, 5.74) is 2.74. The summed E-state index contributed by atoms with van der Waals surface area (Å²) >= 11 is 1.86. The number of nitrogens with zero attached hydrogens (tertiary/aromatic N) is 2. The SMILES string of the molecule is CC1=C(c2ccccc2)SC2=N[C@@H]3CCCC[C@H]3N21. The van der Waals surface area contributed by atoms with Crippen LogP contribution < -0.4 is 0 Å². The lowest BCUT2D eigenvalue weighted by Crippen LogP contribution is -2.37. The molecule has 4 rings (SSSR count). The van der Waals surface area contributed by atoms with Gasteiger partial charge in [-0.05, 0) is 37.1 Å². The van der Waals surface area contributed by atoms with E-state index in [1.807, 2.05) is 11.8 Å². The smallest absolute Gasteiger partial charge is 0.169 e. The van der Waals surface area contributed by atoms with Crippen LogP contribution in [-0.4, -0.2) is 22.2 Å². The van der Waals surface area contributed by atoms with Gasteiger partial charge in [-0.15, -0.1) is 0 Å². The highest BCUT2D eigenvalue weighted by Gasteiger charge is 2.42. The van der Waals surface area contributed by atoms with Crippen LogP contribution in [0.2, 0.25) is 0 Å². The number of thioether (sulfide) groups is 1. The number of rotatable bonds is 1. The zero-order valence-electron chi connectivity index (χ0n) is 11.2. The van der Waals surface area contributed by atoms with E-state index in [0.29, 0.717) is 12.1 Å². The highest BCUT2D eigenvalue weighted by molar-refractivity contribution is 8.22. The van der Waals surface area contributed by atoms with Crippen LogP contribution in [0.25, 0.3) is 4.91 Å². The van der Waals surface area contributed by atoms with E-state index in [0.717, 1.165) is 0 Å². The van der Waals surface area contributed by atoms with Crippen molar-refractivity contribution in [1.29, 1.82) is 0 Å². The Morgan fingerprint density at radius 2 is 1.95 bits per heavy atom. The second-order valence-electron chi connectivity index (χ2n) is 5.58. The summed E-state index contributed by atoms with van der Waals surface area (Å²) in [5.74, 6) is 0. The number of hydrogen-bond acceptors (Lipinski definition) is 3. The van der Waals surface area contributed by atoms with Crippen LogP contribution >= 0.6 is 11.8 Å². The first kappa shape index (κ1) is 11.6. The molecule has 3 aliphatic rings. The molecule has 0 amide bonds. The Bertz CT molecular complexity index is 561. The maximum Gasteiger partial charge on any atom is 0.169 e. The molecule has 19 heavy (non-hydrogen) atoms. The van der Waals surface area contributed by atoms with Crippen molar-refractivity contribution in [2.45, 2.75) is 44.7 Å². The van der Waals surface area contributed by atoms with Crippen LogP contribution in [0.3, 0.4) is 0 Å². The van der Waals surface area contributed by atoms with E-state index >= 15 is 0 Å². The first-order valence-electron chi connectivity index (χ1n) is 7.16. The summed E-state index contributed by atoms with van der Waals surface area (Å²) in [6.45, 7) is 2.26. The molecule has 0 aromatic heterocycles. The minimum atomic E-state index is 0.559. The van der Waals surface area contributed by atoms with Crippen molar-refractivity contribution in [3.63, 3.8) is 0 Å². The third-order valence-corrected chi connectivity index (χ3v) is 5.65. The van der Waals surface area contributed by atoms with Crippen molar-refractivity contribution in [3.8, 4) is 0 Å². The molecule has 2 atom stereocenters. The third-order valence-electron chi connectivity index (χ3n) is 4.43. The Hall–Kier alpha value is -1.22. The Labute approximate surface area is 118 Å². The number of allylic oxidation sites excluding steroid dienone is 1. The van der Waals surface area contributed by atoms with Gasteiger partial charge >= 0.3 is 0 Å². The molecule has 2 nitrogen and oxygen atoms in total. The molecule has 3 heteroatoms. The van der Waals surface area contributed by atoms with Gasteiger partial charge in [0.15, 0.2) is 5.17 Å². The molecule has 98 valence electrons. The van der Waals surface area contributed by atoms with Crippen LogP contribution in [0.1, 0.15) is 38.2 Å². The fourth-order valence-electron chi connectivity index (χ4n) is 3.49. The summed E-state index contributed by atoms with van der Waals surface area (Å²) in [6, 6.07) is 11.9. The van der Waals surface area contributed by atoms with Gasteiger partial charge in [0.05, 0.1) is 12.1 Å². The maximum absolute atomic E-state index is 4.96. The van der Waals surface area contributed by atoms with Crippen molar-refractivity contribution in [3.05, 3.63) is 41.6 Å². The van der Waals surface area contributed by atoms with Crippen molar-refractivity contribution in [2.24, 2.45) is 4.99 Å². The predicted molar refractivity (Wildman–Crippen MR) is 81.9 cm³/mol. The molecule has 0 unspecified atom stereocenters. The molecule has 0 saturated heterocycles. The van der Waals surface area contributed by atoms with Crippen LogP contribution in [0, 0.1) is 0 Å². The highest BCUT2D eigenvalue weighted by Crippen LogP contribution is 2.47. The molecule has 1 aromatic carbocycles. The molecule has 2 heterocycles.